The van der Waals surface area contributed by atoms with Gasteiger partial charge in [0.05, 0.1) is 12.1 Å². The monoisotopic (exact) mass is 343 g/mol. The molecule has 0 spiro atoms. The Kier molecular flexibility index (Phi) is 5.58. The smallest absolute Gasteiger partial charge is 0.124 e. The minimum absolute atomic E-state index is 0.00622. The van der Waals surface area contributed by atoms with Crippen LogP contribution >= 0.6 is 15.9 Å². The molecule has 1 saturated carbocycles. The van der Waals surface area contributed by atoms with Gasteiger partial charge in [0.15, 0.2) is 0 Å². The molecule has 0 radical (unpaired) electrons. The molecule has 0 bridgehead atoms. The van der Waals surface area contributed by atoms with Gasteiger partial charge in [-0.05, 0) is 37.5 Å². The summed E-state index contributed by atoms with van der Waals surface area (Å²) in [6.07, 6.45) is 7.37. The van der Waals surface area contributed by atoms with Crippen LogP contribution in [0.1, 0.15) is 51.0 Å². The molecule has 112 valence electrons. The highest BCUT2D eigenvalue weighted by molar-refractivity contribution is 9.10. The summed E-state index contributed by atoms with van der Waals surface area (Å²) >= 11 is 3.41. The molecule has 1 aromatic rings. The molecule has 4 heteroatoms. The number of halogens is 2. The van der Waals surface area contributed by atoms with Gasteiger partial charge in [-0.1, -0.05) is 47.7 Å². The van der Waals surface area contributed by atoms with Gasteiger partial charge in [0.1, 0.15) is 5.82 Å². The van der Waals surface area contributed by atoms with E-state index in [0.29, 0.717) is 10.5 Å². The lowest BCUT2D eigenvalue weighted by Gasteiger charge is -2.34. The zero-order chi connectivity index (χ0) is 14.6. The third-order valence-corrected chi connectivity index (χ3v) is 4.88. The highest BCUT2D eigenvalue weighted by atomic mass is 79.9. The van der Waals surface area contributed by atoms with Crippen molar-refractivity contribution in [2.45, 2.75) is 57.0 Å². The Labute approximate surface area is 128 Å². The van der Waals surface area contributed by atoms with Crippen LogP contribution in [-0.2, 0) is 5.54 Å². The number of hydrogen-bond donors (Lipinski definition) is 2. The second-order valence-electron chi connectivity index (χ2n) is 5.95. The number of hydrogen-bond acceptors (Lipinski definition) is 2. The molecule has 2 rings (SSSR count). The van der Waals surface area contributed by atoms with Crippen molar-refractivity contribution in [2.24, 2.45) is 0 Å². The average molecular weight is 344 g/mol. The SMILES string of the molecule is CC(CO)(NC1CCCCCC1)c1ccc(F)cc1Br. The van der Waals surface area contributed by atoms with E-state index in [2.05, 4.69) is 21.2 Å². The van der Waals surface area contributed by atoms with Crippen molar-refractivity contribution in [3.05, 3.63) is 34.1 Å². The Morgan fingerprint density at radius 2 is 1.95 bits per heavy atom. The lowest BCUT2D eigenvalue weighted by atomic mass is 9.90. The minimum Gasteiger partial charge on any atom is -0.394 e. The third-order valence-electron chi connectivity index (χ3n) is 4.22. The van der Waals surface area contributed by atoms with Crippen molar-refractivity contribution >= 4 is 15.9 Å². The third kappa shape index (κ3) is 3.80. The molecule has 2 nitrogen and oxygen atoms in total. The van der Waals surface area contributed by atoms with Crippen LogP contribution in [0.25, 0.3) is 0 Å². The van der Waals surface area contributed by atoms with Gasteiger partial charge in [-0.15, -0.1) is 0 Å². The predicted octanol–water partition coefficient (Wildman–Crippen LogP) is 4.11. The summed E-state index contributed by atoms with van der Waals surface area (Å²) in [5, 5.41) is 13.5. The summed E-state index contributed by atoms with van der Waals surface area (Å²) in [7, 11) is 0. The minimum atomic E-state index is -0.540. The van der Waals surface area contributed by atoms with E-state index >= 15 is 0 Å². The van der Waals surface area contributed by atoms with Crippen LogP contribution in [0.5, 0.6) is 0 Å². The number of aliphatic hydroxyl groups is 1. The predicted molar refractivity (Wildman–Crippen MR) is 83.2 cm³/mol. The van der Waals surface area contributed by atoms with Crippen molar-refractivity contribution in [2.75, 3.05) is 6.61 Å². The van der Waals surface area contributed by atoms with Crippen LogP contribution in [-0.4, -0.2) is 17.8 Å². The van der Waals surface area contributed by atoms with E-state index in [1.54, 1.807) is 6.07 Å². The molecule has 1 fully saturated rings. The van der Waals surface area contributed by atoms with Crippen LogP contribution in [0.4, 0.5) is 4.39 Å². The molecule has 0 aliphatic heterocycles. The molecule has 0 saturated heterocycles. The van der Waals surface area contributed by atoms with Crippen molar-refractivity contribution in [3.8, 4) is 0 Å². The lowest BCUT2D eigenvalue weighted by Crippen LogP contribution is -2.48. The maximum Gasteiger partial charge on any atom is 0.124 e. The van der Waals surface area contributed by atoms with Gasteiger partial charge in [-0.25, -0.2) is 4.39 Å². The zero-order valence-electron chi connectivity index (χ0n) is 12.0. The summed E-state index contributed by atoms with van der Waals surface area (Å²) in [4.78, 5) is 0. The van der Waals surface area contributed by atoms with Crippen molar-refractivity contribution < 1.29 is 9.50 Å². The first-order valence-corrected chi connectivity index (χ1v) is 8.18. The van der Waals surface area contributed by atoms with E-state index in [4.69, 9.17) is 0 Å². The van der Waals surface area contributed by atoms with Crippen molar-refractivity contribution in [3.63, 3.8) is 0 Å². The maximum absolute atomic E-state index is 13.2. The van der Waals surface area contributed by atoms with E-state index in [0.717, 1.165) is 18.4 Å². The Morgan fingerprint density at radius 3 is 2.50 bits per heavy atom. The zero-order valence-corrected chi connectivity index (χ0v) is 13.5. The fourth-order valence-corrected chi connectivity index (χ4v) is 3.81. The Morgan fingerprint density at radius 1 is 1.30 bits per heavy atom. The highest BCUT2D eigenvalue weighted by Gasteiger charge is 2.30. The molecular formula is C16H23BrFNO. The largest absolute Gasteiger partial charge is 0.394 e. The number of nitrogens with one attached hydrogen (secondary N) is 1. The van der Waals surface area contributed by atoms with Gasteiger partial charge in [-0.2, -0.15) is 0 Å². The summed E-state index contributed by atoms with van der Waals surface area (Å²) in [5.41, 5.74) is 0.368. The Bertz CT molecular complexity index is 446. The fraction of sp³-hybridized carbons (Fsp3) is 0.625. The van der Waals surface area contributed by atoms with E-state index in [1.807, 2.05) is 6.92 Å². The van der Waals surface area contributed by atoms with Crippen molar-refractivity contribution in [1.29, 1.82) is 0 Å². The van der Waals surface area contributed by atoms with Crippen molar-refractivity contribution in [1.82, 2.24) is 5.32 Å². The van der Waals surface area contributed by atoms with Crippen LogP contribution in [0.2, 0.25) is 0 Å². The van der Waals surface area contributed by atoms with Crippen LogP contribution in [0.15, 0.2) is 22.7 Å². The molecule has 1 aromatic carbocycles. The molecule has 1 atom stereocenters. The van der Waals surface area contributed by atoms with Gasteiger partial charge >= 0.3 is 0 Å². The summed E-state index contributed by atoms with van der Waals surface area (Å²) < 4.78 is 13.9. The first-order chi connectivity index (χ1) is 9.55. The summed E-state index contributed by atoms with van der Waals surface area (Å²) in [6.45, 7) is 1.98. The quantitative estimate of drug-likeness (QED) is 0.806. The molecule has 0 heterocycles. The summed E-state index contributed by atoms with van der Waals surface area (Å²) in [5.74, 6) is -0.268. The summed E-state index contributed by atoms with van der Waals surface area (Å²) in [6, 6.07) is 5.08. The van der Waals surface area contributed by atoms with E-state index < -0.39 is 5.54 Å². The number of aliphatic hydroxyl groups excluding tert-OH is 1. The molecule has 1 aliphatic rings. The Hall–Kier alpha value is -0.450. The second kappa shape index (κ2) is 7.01. The van der Waals surface area contributed by atoms with E-state index in [-0.39, 0.29) is 12.4 Å². The topological polar surface area (TPSA) is 32.3 Å². The molecule has 0 amide bonds. The van der Waals surface area contributed by atoms with E-state index in [9.17, 15) is 9.50 Å². The molecule has 1 unspecified atom stereocenters. The standard InChI is InChI=1S/C16H23BrFNO/c1-16(11-20,14-9-8-12(18)10-15(14)17)19-13-6-4-2-3-5-7-13/h8-10,13,19-20H,2-7,11H2,1H3. The number of rotatable bonds is 4. The normalized spacial score (nSPS) is 20.4. The van der Waals surface area contributed by atoms with Crippen LogP contribution < -0.4 is 5.32 Å². The van der Waals surface area contributed by atoms with Gasteiger partial charge in [0, 0.05) is 10.5 Å². The molecule has 1 aliphatic carbocycles. The van der Waals surface area contributed by atoms with Gasteiger partial charge in [0.2, 0.25) is 0 Å². The highest BCUT2D eigenvalue weighted by Crippen LogP contribution is 2.31. The van der Waals surface area contributed by atoms with Gasteiger partial charge in [-0.3, -0.25) is 0 Å². The molecular weight excluding hydrogens is 321 g/mol. The van der Waals surface area contributed by atoms with Crippen LogP contribution in [0.3, 0.4) is 0 Å². The van der Waals surface area contributed by atoms with E-state index in [1.165, 1.54) is 37.8 Å². The molecule has 20 heavy (non-hydrogen) atoms. The average Bonchev–Trinajstić information content (AvgIpc) is 2.67. The second-order valence-corrected chi connectivity index (χ2v) is 6.80. The fourth-order valence-electron chi connectivity index (χ4n) is 3.02. The number of benzene rings is 1. The van der Waals surface area contributed by atoms with Gasteiger partial charge in [0.25, 0.3) is 0 Å². The molecule has 2 N–H and O–H groups in total. The Balaban J connectivity index is 2.18. The van der Waals surface area contributed by atoms with Crippen LogP contribution in [0, 0.1) is 5.82 Å². The maximum atomic E-state index is 13.2. The lowest BCUT2D eigenvalue weighted by molar-refractivity contribution is 0.156. The first-order valence-electron chi connectivity index (χ1n) is 7.39. The van der Waals surface area contributed by atoms with Gasteiger partial charge < -0.3 is 10.4 Å². The first kappa shape index (κ1) is 15.9. The molecule has 0 aromatic heterocycles.